The van der Waals surface area contributed by atoms with E-state index in [1.165, 1.54) is 16.2 Å². The maximum absolute atomic E-state index is 11.8. The Kier molecular flexibility index (Phi) is 4.99. The minimum absolute atomic E-state index is 0.295. The van der Waals surface area contributed by atoms with Crippen molar-refractivity contribution in [3.8, 4) is 10.6 Å². The lowest BCUT2D eigenvalue weighted by molar-refractivity contribution is -0.125. The van der Waals surface area contributed by atoms with Gasteiger partial charge in [-0.25, -0.2) is 14.8 Å². The Balaban J connectivity index is 1.65. The Morgan fingerprint density at radius 2 is 2.20 bits per heavy atom. The highest BCUT2D eigenvalue weighted by Gasteiger charge is 2.44. The smallest absolute Gasteiger partial charge is 0.325 e. The Morgan fingerprint density at radius 3 is 2.80 bits per heavy atom. The second-order valence-corrected chi connectivity index (χ2v) is 8.40. The molecule has 10 heteroatoms. The van der Waals surface area contributed by atoms with E-state index < -0.39 is 5.54 Å². The Hall–Kier alpha value is -1.71. The predicted molar refractivity (Wildman–Crippen MR) is 101 cm³/mol. The number of urea groups is 1. The number of nitrogens with one attached hydrogen (secondary N) is 2. The summed E-state index contributed by atoms with van der Waals surface area (Å²) in [5.74, 6) is 0.151. The average molecular weight is 445 g/mol. The summed E-state index contributed by atoms with van der Waals surface area (Å²) in [4.78, 5) is 34.6. The molecule has 3 heterocycles. The molecule has 0 aliphatic carbocycles. The lowest BCUT2D eigenvalue weighted by atomic mass is 10.0. The molecule has 0 atom stereocenters. The van der Waals surface area contributed by atoms with E-state index in [4.69, 9.17) is 11.6 Å². The van der Waals surface area contributed by atoms with Crippen molar-refractivity contribution in [1.82, 2.24) is 20.2 Å². The van der Waals surface area contributed by atoms with Crippen LogP contribution in [0.4, 0.5) is 10.7 Å². The zero-order valence-corrected chi connectivity index (χ0v) is 16.6. The van der Waals surface area contributed by atoms with Crippen LogP contribution in [-0.2, 0) is 4.79 Å². The van der Waals surface area contributed by atoms with Crippen LogP contribution in [-0.4, -0.2) is 45.4 Å². The molecule has 0 aromatic carbocycles. The molecule has 0 spiro atoms. The topological polar surface area (TPSA) is 87.2 Å². The highest BCUT2D eigenvalue weighted by Crippen LogP contribution is 2.37. The molecule has 2 aromatic rings. The van der Waals surface area contributed by atoms with E-state index in [9.17, 15) is 9.59 Å². The molecule has 1 aliphatic rings. The largest absolute Gasteiger partial charge is 0.352 e. The van der Waals surface area contributed by atoms with Crippen molar-refractivity contribution < 1.29 is 9.59 Å². The number of rotatable bonds is 5. The Morgan fingerprint density at radius 1 is 1.44 bits per heavy atom. The van der Waals surface area contributed by atoms with Gasteiger partial charge in [-0.1, -0.05) is 11.6 Å². The van der Waals surface area contributed by atoms with E-state index in [1.54, 1.807) is 26.1 Å². The van der Waals surface area contributed by atoms with E-state index in [1.807, 2.05) is 6.07 Å². The third-order valence-electron chi connectivity index (χ3n) is 3.87. The fraction of sp³-hybridized carbons (Fsp3) is 0.333. The molecule has 132 valence electrons. The molecule has 1 fully saturated rings. The fourth-order valence-electron chi connectivity index (χ4n) is 2.41. The summed E-state index contributed by atoms with van der Waals surface area (Å²) in [7, 11) is 0. The van der Waals surface area contributed by atoms with Crippen molar-refractivity contribution in [2.24, 2.45) is 0 Å². The molecule has 25 heavy (non-hydrogen) atoms. The number of hydrogen-bond donors (Lipinski definition) is 2. The van der Waals surface area contributed by atoms with Crippen molar-refractivity contribution >= 4 is 56.8 Å². The summed E-state index contributed by atoms with van der Waals surface area (Å²) in [6.45, 7) is 4.20. The van der Waals surface area contributed by atoms with Gasteiger partial charge in [0.15, 0.2) is 0 Å². The second-order valence-electron chi connectivity index (χ2n) is 5.89. The van der Waals surface area contributed by atoms with Crippen LogP contribution in [0.3, 0.4) is 0 Å². The monoisotopic (exact) mass is 443 g/mol. The van der Waals surface area contributed by atoms with E-state index in [0.717, 1.165) is 15.0 Å². The summed E-state index contributed by atoms with van der Waals surface area (Å²) in [5, 5.41) is 5.40. The molecule has 3 rings (SSSR count). The number of carbonyl (C=O) groups excluding carboxylic acids is 2. The van der Waals surface area contributed by atoms with Gasteiger partial charge in [-0.2, -0.15) is 0 Å². The molecule has 3 amide bonds. The van der Waals surface area contributed by atoms with Crippen LogP contribution in [0.5, 0.6) is 0 Å². The number of hydrogen-bond acceptors (Lipinski definition) is 6. The first-order valence-corrected chi connectivity index (χ1v) is 9.43. The van der Waals surface area contributed by atoms with Gasteiger partial charge >= 0.3 is 6.03 Å². The first kappa shape index (κ1) is 18.1. The van der Waals surface area contributed by atoms with Gasteiger partial charge in [0.2, 0.25) is 5.95 Å². The van der Waals surface area contributed by atoms with Crippen LogP contribution >= 0.6 is 38.9 Å². The Bertz CT molecular complexity index is 822. The summed E-state index contributed by atoms with van der Waals surface area (Å²) >= 11 is 10.9. The van der Waals surface area contributed by atoms with Crippen LogP contribution < -0.4 is 10.6 Å². The van der Waals surface area contributed by atoms with Crippen molar-refractivity contribution in [2.75, 3.05) is 18.4 Å². The van der Waals surface area contributed by atoms with Crippen LogP contribution in [0.1, 0.15) is 13.8 Å². The quantitative estimate of drug-likeness (QED) is 0.691. The number of amides is 3. The molecule has 2 N–H and O–H groups in total. The van der Waals surface area contributed by atoms with E-state index in [2.05, 4.69) is 36.5 Å². The number of nitrogens with zero attached hydrogens (tertiary/aromatic N) is 3. The first-order valence-electron chi connectivity index (χ1n) is 7.44. The lowest BCUT2D eigenvalue weighted by Crippen LogP contribution is -2.46. The highest BCUT2D eigenvalue weighted by molar-refractivity contribution is 9.10. The molecule has 0 radical (unpaired) electrons. The average Bonchev–Trinajstić information content (AvgIpc) is 2.99. The molecule has 0 unspecified atom stereocenters. The minimum atomic E-state index is -0.860. The second kappa shape index (κ2) is 6.89. The van der Waals surface area contributed by atoms with Gasteiger partial charge in [0.1, 0.15) is 9.88 Å². The summed E-state index contributed by atoms with van der Waals surface area (Å²) in [6, 6.07) is 3.32. The standard InChI is InChI=1S/C15H15BrClN5O2S/c1-15(2)12(23)21-14(24)22(15)6-5-19-13-18-4-3-9(20-13)10-7-8(16)11(17)25-10/h3-4,7H,5-6H2,1-2H3,(H,18,19,20)(H,21,23,24). The number of thiophene rings is 1. The SMILES string of the molecule is CC1(C)C(=O)NC(=O)N1CCNc1nccc(-c2cc(Br)c(Cl)s2)n1. The van der Waals surface area contributed by atoms with Gasteiger partial charge in [-0.3, -0.25) is 10.1 Å². The molecule has 2 aromatic heterocycles. The minimum Gasteiger partial charge on any atom is -0.352 e. The zero-order chi connectivity index (χ0) is 18.2. The third kappa shape index (κ3) is 3.63. The fourth-order valence-corrected chi connectivity index (χ4v) is 4.08. The van der Waals surface area contributed by atoms with Gasteiger partial charge in [-0.05, 0) is 41.9 Å². The van der Waals surface area contributed by atoms with Crippen molar-refractivity contribution in [2.45, 2.75) is 19.4 Å². The number of imide groups is 1. The van der Waals surface area contributed by atoms with Gasteiger partial charge in [0.25, 0.3) is 5.91 Å². The number of anilines is 1. The van der Waals surface area contributed by atoms with Gasteiger partial charge < -0.3 is 10.2 Å². The van der Waals surface area contributed by atoms with Gasteiger partial charge in [0, 0.05) is 23.8 Å². The maximum Gasteiger partial charge on any atom is 0.325 e. The normalized spacial score (nSPS) is 16.2. The molecular formula is C15H15BrClN5O2S. The van der Waals surface area contributed by atoms with Crippen molar-refractivity contribution in [1.29, 1.82) is 0 Å². The van der Waals surface area contributed by atoms with E-state index in [0.29, 0.717) is 23.4 Å². The predicted octanol–water partition coefficient (Wildman–Crippen LogP) is 3.36. The Labute approximate surface area is 161 Å². The maximum atomic E-state index is 11.8. The summed E-state index contributed by atoms with van der Waals surface area (Å²) < 4.78 is 1.49. The van der Waals surface area contributed by atoms with E-state index in [-0.39, 0.29) is 11.9 Å². The van der Waals surface area contributed by atoms with Gasteiger partial charge in [-0.15, -0.1) is 11.3 Å². The molecule has 1 saturated heterocycles. The van der Waals surface area contributed by atoms with Crippen molar-refractivity contribution in [3.05, 3.63) is 27.1 Å². The third-order valence-corrected chi connectivity index (χ3v) is 6.37. The molecule has 1 aliphatic heterocycles. The summed E-state index contributed by atoms with van der Waals surface area (Å²) in [6.07, 6.45) is 1.65. The van der Waals surface area contributed by atoms with Gasteiger partial charge in [0.05, 0.1) is 10.6 Å². The zero-order valence-electron chi connectivity index (χ0n) is 13.5. The first-order chi connectivity index (χ1) is 11.8. The summed E-state index contributed by atoms with van der Waals surface area (Å²) in [5.41, 5.74) is -0.105. The number of halogens is 2. The van der Waals surface area contributed by atoms with Crippen LogP contribution in [0, 0.1) is 0 Å². The van der Waals surface area contributed by atoms with Crippen LogP contribution in [0.2, 0.25) is 4.34 Å². The molecule has 0 saturated carbocycles. The number of aromatic nitrogens is 2. The highest BCUT2D eigenvalue weighted by atomic mass is 79.9. The number of carbonyl (C=O) groups is 2. The van der Waals surface area contributed by atoms with Crippen molar-refractivity contribution in [3.63, 3.8) is 0 Å². The van der Waals surface area contributed by atoms with Crippen LogP contribution in [0.15, 0.2) is 22.8 Å². The van der Waals surface area contributed by atoms with Crippen LogP contribution in [0.25, 0.3) is 10.6 Å². The lowest BCUT2D eigenvalue weighted by Gasteiger charge is -2.27. The van der Waals surface area contributed by atoms with E-state index >= 15 is 0 Å². The molecule has 7 nitrogen and oxygen atoms in total. The molecule has 0 bridgehead atoms. The molecular weight excluding hydrogens is 430 g/mol.